The van der Waals surface area contributed by atoms with Crippen molar-refractivity contribution in [3.63, 3.8) is 0 Å². The van der Waals surface area contributed by atoms with Gasteiger partial charge in [0.05, 0.1) is 13.0 Å². The average Bonchev–Trinajstić information content (AvgIpc) is 2.33. The number of aliphatic carboxylic acids is 2. The zero-order valence-electron chi connectivity index (χ0n) is 11.9. The molecule has 0 bridgehead atoms. The third-order valence-corrected chi connectivity index (χ3v) is 3.08. The number of hydrogen-bond donors (Lipinski definition) is 2. The molecule has 0 fully saturated rings. The molecule has 0 saturated carbocycles. The van der Waals surface area contributed by atoms with E-state index in [0.717, 1.165) is 12.8 Å². The van der Waals surface area contributed by atoms with Gasteiger partial charge in [0.25, 0.3) is 0 Å². The maximum atomic E-state index is 10.7. The standard InChI is InChI=1S/C14H27NO4/c1-2-3-4-5-6-7-8-10-15(12-14(18)19)11-9-13(16)17/h2-12H2,1H3,(H,16,17)(H,18,19). The van der Waals surface area contributed by atoms with Crippen LogP contribution in [0.15, 0.2) is 0 Å². The zero-order chi connectivity index (χ0) is 14.5. The molecule has 0 rings (SSSR count). The van der Waals surface area contributed by atoms with E-state index in [1.54, 1.807) is 4.90 Å². The van der Waals surface area contributed by atoms with Gasteiger partial charge >= 0.3 is 11.9 Å². The molecule has 2 N–H and O–H groups in total. The van der Waals surface area contributed by atoms with E-state index in [-0.39, 0.29) is 13.0 Å². The van der Waals surface area contributed by atoms with Crippen molar-refractivity contribution in [1.29, 1.82) is 0 Å². The lowest BCUT2D eigenvalue weighted by Gasteiger charge is -2.19. The molecule has 112 valence electrons. The minimum absolute atomic E-state index is 0.00375. The van der Waals surface area contributed by atoms with Gasteiger partial charge in [-0.25, -0.2) is 0 Å². The van der Waals surface area contributed by atoms with Crippen LogP contribution in [0.1, 0.15) is 58.3 Å². The molecule has 0 unspecified atom stereocenters. The first-order valence-electron chi connectivity index (χ1n) is 7.22. The van der Waals surface area contributed by atoms with Crippen molar-refractivity contribution in [2.45, 2.75) is 58.3 Å². The van der Waals surface area contributed by atoms with E-state index >= 15 is 0 Å². The predicted molar refractivity (Wildman–Crippen MR) is 74.3 cm³/mol. The van der Waals surface area contributed by atoms with E-state index in [9.17, 15) is 9.59 Å². The second-order valence-corrected chi connectivity index (χ2v) is 4.93. The number of hydrogen-bond acceptors (Lipinski definition) is 3. The molecule has 0 amide bonds. The van der Waals surface area contributed by atoms with Crippen LogP contribution in [0.2, 0.25) is 0 Å². The van der Waals surface area contributed by atoms with Crippen molar-refractivity contribution in [3.8, 4) is 0 Å². The van der Waals surface area contributed by atoms with Crippen LogP contribution in [-0.4, -0.2) is 46.7 Å². The van der Waals surface area contributed by atoms with Crippen molar-refractivity contribution >= 4 is 11.9 Å². The summed E-state index contributed by atoms with van der Waals surface area (Å²) in [5, 5.41) is 17.4. The van der Waals surface area contributed by atoms with Crippen LogP contribution in [0.5, 0.6) is 0 Å². The Morgan fingerprint density at radius 1 is 0.842 bits per heavy atom. The van der Waals surface area contributed by atoms with Crippen LogP contribution < -0.4 is 0 Å². The molecule has 0 aromatic rings. The molecule has 19 heavy (non-hydrogen) atoms. The average molecular weight is 273 g/mol. The number of unbranched alkanes of at least 4 members (excludes halogenated alkanes) is 6. The van der Waals surface area contributed by atoms with Gasteiger partial charge < -0.3 is 10.2 Å². The van der Waals surface area contributed by atoms with E-state index in [4.69, 9.17) is 10.2 Å². The monoisotopic (exact) mass is 273 g/mol. The summed E-state index contributed by atoms with van der Waals surface area (Å²) in [5.41, 5.74) is 0. The minimum Gasteiger partial charge on any atom is -0.481 e. The Hall–Kier alpha value is -1.10. The van der Waals surface area contributed by atoms with Gasteiger partial charge in [-0.15, -0.1) is 0 Å². The molecular formula is C14H27NO4. The fraction of sp³-hybridized carbons (Fsp3) is 0.857. The molecule has 0 spiro atoms. The summed E-state index contributed by atoms with van der Waals surface area (Å²) in [5.74, 6) is -1.77. The molecule has 0 heterocycles. The quantitative estimate of drug-likeness (QED) is 0.504. The highest BCUT2D eigenvalue weighted by Gasteiger charge is 2.10. The molecule has 0 aliphatic heterocycles. The van der Waals surface area contributed by atoms with Gasteiger partial charge in [-0.2, -0.15) is 0 Å². The van der Waals surface area contributed by atoms with Crippen molar-refractivity contribution in [1.82, 2.24) is 4.90 Å². The minimum atomic E-state index is -0.895. The van der Waals surface area contributed by atoms with E-state index in [1.165, 1.54) is 32.1 Å². The fourth-order valence-corrected chi connectivity index (χ4v) is 2.01. The molecule has 0 aromatic carbocycles. The summed E-state index contributed by atoms with van der Waals surface area (Å²) in [6, 6.07) is 0. The SMILES string of the molecule is CCCCCCCCCN(CCC(=O)O)CC(=O)O. The Bertz CT molecular complexity index is 256. The molecule has 5 nitrogen and oxygen atoms in total. The Kier molecular flexibility index (Phi) is 11.3. The van der Waals surface area contributed by atoms with Crippen LogP contribution in [0, 0.1) is 0 Å². The largest absolute Gasteiger partial charge is 0.481 e. The summed E-state index contributed by atoms with van der Waals surface area (Å²) in [6.45, 7) is 3.11. The maximum Gasteiger partial charge on any atom is 0.317 e. The lowest BCUT2D eigenvalue weighted by molar-refractivity contribution is -0.141. The number of carbonyl (C=O) groups is 2. The Morgan fingerprint density at radius 3 is 1.95 bits per heavy atom. The van der Waals surface area contributed by atoms with Crippen LogP contribution in [0.4, 0.5) is 0 Å². The first kappa shape index (κ1) is 17.9. The van der Waals surface area contributed by atoms with Gasteiger partial charge in [0.2, 0.25) is 0 Å². The Balaban J connectivity index is 3.67. The van der Waals surface area contributed by atoms with E-state index < -0.39 is 11.9 Å². The van der Waals surface area contributed by atoms with Gasteiger partial charge in [-0.05, 0) is 13.0 Å². The molecule has 0 saturated heterocycles. The molecule has 0 atom stereocenters. The van der Waals surface area contributed by atoms with E-state index in [1.807, 2.05) is 0 Å². The number of rotatable bonds is 13. The van der Waals surface area contributed by atoms with Gasteiger partial charge in [-0.1, -0.05) is 45.4 Å². The number of nitrogens with zero attached hydrogens (tertiary/aromatic N) is 1. The van der Waals surface area contributed by atoms with E-state index in [0.29, 0.717) is 13.1 Å². The van der Waals surface area contributed by atoms with E-state index in [2.05, 4.69) is 6.92 Å². The number of carboxylic acid groups (broad SMARTS) is 2. The number of carboxylic acids is 2. The maximum absolute atomic E-state index is 10.7. The molecule has 0 aromatic heterocycles. The smallest absolute Gasteiger partial charge is 0.317 e. The van der Waals surface area contributed by atoms with Gasteiger partial charge in [0, 0.05) is 6.54 Å². The second-order valence-electron chi connectivity index (χ2n) is 4.93. The Morgan fingerprint density at radius 2 is 1.42 bits per heavy atom. The molecule has 0 aliphatic rings. The summed E-state index contributed by atoms with van der Waals surface area (Å²) in [7, 11) is 0. The molecule has 5 heteroatoms. The second kappa shape index (κ2) is 12.0. The van der Waals surface area contributed by atoms with Crippen LogP contribution in [0.25, 0.3) is 0 Å². The van der Waals surface area contributed by atoms with Gasteiger partial charge in [0.15, 0.2) is 0 Å². The summed E-state index contributed by atoms with van der Waals surface area (Å²) in [4.78, 5) is 22.9. The Labute approximate surface area is 115 Å². The van der Waals surface area contributed by atoms with Gasteiger partial charge in [0.1, 0.15) is 0 Å². The summed E-state index contributed by atoms with van der Waals surface area (Å²) >= 11 is 0. The summed E-state index contributed by atoms with van der Waals surface area (Å²) < 4.78 is 0. The lowest BCUT2D eigenvalue weighted by Crippen LogP contribution is -2.32. The molecular weight excluding hydrogens is 246 g/mol. The lowest BCUT2D eigenvalue weighted by atomic mass is 10.1. The molecule has 0 radical (unpaired) electrons. The van der Waals surface area contributed by atoms with Crippen molar-refractivity contribution in [2.75, 3.05) is 19.6 Å². The summed E-state index contributed by atoms with van der Waals surface area (Å²) in [6.07, 6.45) is 8.25. The first-order valence-corrected chi connectivity index (χ1v) is 7.22. The normalized spacial score (nSPS) is 10.8. The van der Waals surface area contributed by atoms with Gasteiger partial charge in [-0.3, -0.25) is 14.5 Å². The third-order valence-electron chi connectivity index (χ3n) is 3.08. The highest BCUT2D eigenvalue weighted by molar-refractivity contribution is 5.69. The fourth-order valence-electron chi connectivity index (χ4n) is 2.01. The van der Waals surface area contributed by atoms with Crippen LogP contribution in [-0.2, 0) is 9.59 Å². The van der Waals surface area contributed by atoms with Crippen molar-refractivity contribution in [3.05, 3.63) is 0 Å². The zero-order valence-corrected chi connectivity index (χ0v) is 11.9. The molecule has 0 aliphatic carbocycles. The highest BCUT2D eigenvalue weighted by Crippen LogP contribution is 2.07. The van der Waals surface area contributed by atoms with Crippen LogP contribution >= 0.6 is 0 Å². The van der Waals surface area contributed by atoms with Crippen molar-refractivity contribution < 1.29 is 19.8 Å². The third kappa shape index (κ3) is 13.1. The topological polar surface area (TPSA) is 77.8 Å². The van der Waals surface area contributed by atoms with Crippen molar-refractivity contribution in [2.24, 2.45) is 0 Å². The highest BCUT2D eigenvalue weighted by atomic mass is 16.4. The predicted octanol–water partition coefficient (Wildman–Crippen LogP) is 2.60. The first-order chi connectivity index (χ1) is 9.06. The van der Waals surface area contributed by atoms with Crippen LogP contribution in [0.3, 0.4) is 0 Å².